The van der Waals surface area contributed by atoms with Crippen LogP contribution in [0.1, 0.15) is 51.2 Å². The number of nitrogens with zero attached hydrogens (tertiary/aromatic N) is 3. The van der Waals surface area contributed by atoms with Gasteiger partial charge in [0.2, 0.25) is 10.0 Å². The minimum absolute atomic E-state index is 0.0402. The zero-order chi connectivity index (χ0) is 31.4. The molecule has 1 aliphatic carbocycles. The van der Waals surface area contributed by atoms with Crippen LogP contribution in [-0.2, 0) is 16.6 Å². The third-order valence-electron chi connectivity index (χ3n) is 7.57. The van der Waals surface area contributed by atoms with E-state index < -0.39 is 20.9 Å². The van der Waals surface area contributed by atoms with E-state index in [1.54, 1.807) is 24.3 Å². The first-order valence-electron chi connectivity index (χ1n) is 14.1. The Labute approximate surface area is 269 Å². The second-order valence-electron chi connectivity index (χ2n) is 10.9. The number of allylic oxidation sites excluding steroid dienone is 3. The van der Waals surface area contributed by atoms with Crippen molar-refractivity contribution in [2.24, 2.45) is 10.9 Å². The van der Waals surface area contributed by atoms with E-state index in [4.69, 9.17) is 49.3 Å². The highest BCUT2D eigenvalue weighted by atomic mass is 35.5. The summed E-state index contributed by atoms with van der Waals surface area (Å²) in [5.41, 5.74) is 0.263. The molecule has 1 unspecified atom stereocenters. The monoisotopic (exact) mass is 667 g/mol. The van der Waals surface area contributed by atoms with Gasteiger partial charge < -0.3 is 9.47 Å². The molecule has 1 amide bonds. The van der Waals surface area contributed by atoms with Gasteiger partial charge in [-0.2, -0.15) is 4.31 Å². The molecule has 43 heavy (non-hydrogen) atoms. The second-order valence-corrected chi connectivity index (χ2v) is 14.0. The molecule has 1 aliphatic heterocycles. The number of methoxy groups -OCH3 is 1. The van der Waals surface area contributed by atoms with E-state index in [0.717, 1.165) is 18.4 Å². The molecule has 2 aromatic rings. The minimum atomic E-state index is -3.94. The third-order valence-corrected chi connectivity index (χ3v) is 10.2. The fraction of sp³-hybridized carbons (Fsp3) is 0.419. The van der Waals surface area contributed by atoms with Crippen LogP contribution in [0, 0.1) is 5.92 Å². The fourth-order valence-corrected chi connectivity index (χ4v) is 7.26. The van der Waals surface area contributed by atoms with Crippen molar-refractivity contribution in [1.29, 1.82) is 0 Å². The van der Waals surface area contributed by atoms with Crippen molar-refractivity contribution in [3.63, 3.8) is 0 Å². The highest BCUT2D eigenvalue weighted by Gasteiger charge is 2.35. The van der Waals surface area contributed by atoms with Gasteiger partial charge >= 0.3 is 5.37 Å². The highest BCUT2D eigenvalue weighted by Crippen LogP contribution is 2.38. The summed E-state index contributed by atoms with van der Waals surface area (Å²) < 4.78 is 40.7. The molecule has 0 saturated carbocycles. The molecule has 1 saturated heterocycles. The van der Waals surface area contributed by atoms with E-state index in [-0.39, 0.29) is 35.6 Å². The molecule has 1 heterocycles. The van der Waals surface area contributed by atoms with Crippen LogP contribution in [0.25, 0.3) is 0 Å². The zero-order valence-corrected chi connectivity index (χ0v) is 27.7. The molecule has 0 N–H and O–H groups in total. The number of amides is 1. The first kappa shape index (κ1) is 33.3. The van der Waals surface area contributed by atoms with Crippen LogP contribution in [0.5, 0.6) is 11.5 Å². The first-order chi connectivity index (χ1) is 20.4. The predicted octanol–water partition coefficient (Wildman–Crippen LogP) is 7.62. The standard InChI is InChI=1S/C31H36Cl3N3O5S/c1-5-42-26-19-27(41-4)28(43(39,40)36-16-6-7-17-36)18-25(26)29(35-31(2,3)22-10-14-24(33)15-11-22)37(30(34)38)20-21-8-12-23(32)13-9-21/h8-10,12-15,18-19,22H,5-7,11,16-17,20H2,1-4H3. The molecular weight excluding hydrogens is 633 g/mol. The molecule has 232 valence electrons. The molecular formula is C31H36Cl3N3O5S. The number of sulfonamides is 1. The van der Waals surface area contributed by atoms with Crippen molar-refractivity contribution in [3.05, 3.63) is 75.8 Å². The largest absolute Gasteiger partial charge is 0.495 e. The maximum atomic E-state index is 13.9. The lowest BCUT2D eigenvalue weighted by molar-refractivity contribution is 0.241. The Balaban J connectivity index is 1.97. The molecule has 0 aromatic heterocycles. The van der Waals surface area contributed by atoms with Crippen molar-refractivity contribution >= 4 is 56.0 Å². The van der Waals surface area contributed by atoms with Crippen LogP contribution in [0.15, 0.2) is 69.5 Å². The smallest absolute Gasteiger partial charge is 0.322 e. The SMILES string of the molecule is CCOc1cc(OC)c(S(=O)(=O)N2CCCC2)cc1C(=NC(C)(C)C1C=CC(Cl)=CC1)N(Cc1ccc(Cl)cc1)C(=O)Cl. The van der Waals surface area contributed by atoms with Gasteiger partial charge in [0.05, 0.1) is 31.4 Å². The lowest BCUT2D eigenvalue weighted by atomic mass is 9.83. The quantitative estimate of drug-likeness (QED) is 0.113. The summed E-state index contributed by atoms with van der Waals surface area (Å²) in [5, 5.41) is 0.389. The Kier molecular flexibility index (Phi) is 10.9. The van der Waals surface area contributed by atoms with E-state index in [9.17, 15) is 13.2 Å². The summed E-state index contributed by atoms with van der Waals surface area (Å²) in [7, 11) is -2.52. The number of benzene rings is 2. The van der Waals surface area contributed by atoms with Crippen LogP contribution in [-0.4, -0.2) is 61.2 Å². The van der Waals surface area contributed by atoms with Gasteiger partial charge in [-0.05, 0) is 81.5 Å². The summed E-state index contributed by atoms with van der Waals surface area (Å²) in [6.45, 7) is 6.84. The van der Waals surface area contributed by atoms with Gasteiger partial charge in [-0.1, -0.05) is 47.5 Å². The molecule has 0 spiro atoms. The van der Waals surface area contributed by atoms with Crippen molar-refractivity contribution in [1.82, 2.24) is 9.21 Å². The van der Waals surface area contributed by atoms with Crippen LogP contribution in [0.4, 0.5) is 4.79 Å². The van der Waals surface area contributed by atoms with Crippen molar-refractivity contribution in [3.8, 4) is 11.5 Å². The molecule has 8 nitrogen and oxygen atoms in total. The van der Waals surface area contributed by atoms with Crippen LogP contribution >= 0.6 is 34.8 Å². The van der Waals surface area contributed by atoms with Gasteiger partial charge in [-0.3, -0.25) is 14.7 Å². The third kappa shape index (κ3) is 7.75. The summed E-state index contributed by atoms with van der Waals surface area (Å²) in [6.07, 6.45) is 7.90. The number of rotatable bonds is 10. The molecule has 4 rings (SSSR count). The van der Waals surface area contributed by atoms with Gasteiger partial charge in [0, 0.05) is 35.1 Å². The van der Waals surface area contributed by atoms with Gasteiger partial charge in [0.25, 0.3) is 0 Å². The molecule has 2 aromatic carbocycles. The Morgan fingerprint density at radius 3 is 2.35 bits per heavy atom. The second kappa shape index (κ2) is 14.0. The maximum absolute atomic E-state index is 13.9. The number of carbonyl (C=O) groups is 1. The molecule has 0 radical (unpaired) electrons. The summed E-state index contributed by atoms with van der Waals surface area (Å²) in [4.78, 5) is 19.6. The number of amidine groups is 1. The van der Waals surface area contributed by atoms with Crippen molar-refractivity contribution < 1.29 is 22.7 Å². The number of carbonyl (C=O) groups excluding carboxylic acids is 1. The molecule has 1 atom stereocenters. The average Bonchev–Trinajstić information content (AvgIpc) is 3.52. The maximum Gasteiger partial charge on any atom is 0.322 e. The van der Waals surface area contributed by atoms with E-state index in [2.05, 4.69) is 0 Å². The number of halogens is 3. The van der Waals surface area contributed by atoms with Crippen LogP contribution in [0.2, 0.25) is 5.02 Å². The predicted molar refractivity (Wildman–Crippen MR) is 172 cm³/mol. The van der Waals surface area contributed by atoms with Gasteiger partial charge in [0.15, 0.2) is 0 Å². The van der Waals surface area contributed by atoms with E-state index in [1.165, 1.54) is 28.4 Å². The first-order valence-corrected chi connectivity index (χ1v) is 16.6. The van der Waals surface area contributed by atoms with Gasteiger partial charge in [-0.15, -0.1) is 0 Å². The number of ether oxygens (including phenoxy) is 2. The highest BCUT2D eigenvalue weighted by molar-refractivity contribution is 7.89. The Morgan fingerprint density at radius 2 is 1.79 bits per heavy atom. The normalized spacial score (nSPS) is 18.0. The Hall–Kier alpha value is -2.56. The lowest BCUT2D eigenvalue weighted by Gasteiger charge is -2.33. The van der Waals surface area contributed by atoms with E-state index >= 15 is 0 Å². The van der Waals surface area contributed by atoms with Crippen molar-refractivity contribution in [2.45, 2.75) is 57.0 Å². The molecule has 0 bridgehead atoms. The van der Waals surface area contributed by atoms with Gasteiger partial charge in [-0.25, -0.2) is 8.42 Å². The molecule has 12 heteroatoms. The summed E-state index contributed by atoms with van der Waals surface area (Å²) in [6, 6.07) is 10.0. The topological polar surface area (TPSA) is 88.5 Å². The van der Waals surface area contributed by atoms with E-state index in [1.807, 2.05) is 39.0 Å². The van der Waals surface area contributed by atoms with Crippen LogP contribution in [0.3, 0.4) is 0 Å². The lowest BCUT2D eigenvalue weighted by Crippen LogP contribution is -2.38. The van der Waals surface area contributed by atoms with Crippen LogP contribution < -0.4 is 9.47 Å². The summed E-state index contributed by atoms with van der Waals surface area (Å²) in [5.74, 6) is 0.525. The van der Waals surface area contributed by atoms with E-state index in [0.29, 0.717) is 40.9 Å². The number of hydrogen-bond donors (Lipinski definition) is 0. The number of aliphatic imine (C=N–C) groups is 1. The minimum Gasteiger partial charge on any atom is -0.495 e. The number of hydrogen-bond acceptors (Lipinski definition) is 6. The molecule has 1 fully saturated rings. The van der Waals surface area contributed by atoms with Gasteiger partial charge in [0.1, 0.15) is 22.2 Å². The fourth-order valence-electron chi connectivity index (χ4n) is 5.15. The van der Waals surface area contributed by atoms with Crippen molar-refractivity contribution in [2.75, 3.05) is 26.8 Å². The zero-order valence-electron chi connectivity index (χ0n) is 24.6. The summed E-state index contributed by atoms with van der Waals surface area (Å²) >= 11 is 18.6. The average molecular weight is 669 g/mol. The Bertz CT molecular complexity index is 1530. The Morgan fingerprint density at radius 1 is 1.12 bits per heavy atom. The molecule has 2 aliphatic rings.